The average molecular weight is 265 g/mol. The van der Waals surface area contributed by atoms with Crippen molar-refractivity contribution in [3.63, 3.8) is 0 Å². The molecule has 0 radical (unpaired) electrons. The highest BCUT2D eigenvalue weighted by molar-refractivity contribution is 6.00. The number of nitrogens with zero attached hydrogens (tertiary/aromatic N) is 1. The van der Waals surface area contributed by atoms with Gasteiger partial charge in [0.1, 0.15) is 18.3 Å². The maximum absolute atomic E-state index is 11.8. The predicted octanol–water partition coefficient (Wildman–Crippen LogP) is 2.14. The molecule has 5 heteroatoms. The van der Waals surface area contributed by atoms with Gasteiger partial charge in [-0.25, -0.2) is 0 Å². The lowest BCUT2D eigenvalue weighted by Gasteiger charge is -2.14. The van der Waals surface area contributed by atoms with Gasteiger partial charge in [0.25, 0.3) is 0 Å². The highest BCUT2D eigenvalue weighted by Crippen LogP contribution is 2.16. The Morgan fingerprint density at radius 2 is 2.00 bits per heavy atom. The highest BCUT2D eigenvalue weighted by Gasteiger charge is 2.23. The van der Waals surface area contributed by atoms with Crippen molar-refractivity contribution >= 4 is 11.7 Å². The van der Waals surface area contributed by atoms with E-state index in [1.165, 1.54) is 7.11 Å². The van der Waals surface area contributed by atoms with Crippen LogP contribution in [0, 0.1) is 5.92 Å². The van der Waals surface area contributed by atoms with E-state index in [0.717, 1.165) is 5.56 Å². The fourth-order valence-corrected chi connectivity index (χ4v) is 1.64. The van der Waals surface area contributed by atoms with Crippen LogP contribution in [0.3, 0.4) is 0 Å². The van der Waals surface area contributed by atoms with E-state index in [-0.39, 0.29) is 11.7 Å². The second-order valence-corrected chi connectivity index (χ2v) is 4.10. The molecule has 0 saturated heterocycles. The van der Waals surface area contributed by atoms with Gasteiger partial charge in [-0.2, -0.15) is 0 Å². The number of methoxy groups -OCH3 is 1. The number of oxime groups is 1. The number of esters is 1. The molecular formula is C14H19NO4. The zero-order valence-electron chi connectivity index (χ0n) is 11.4. The summed E-state index contributed by atoms with van der Waals surface area (Å²) in [5.41, 5.74) is 1.49. The minimum atomic E-state index is -0.485. The summed E-state index contributed by atoms with van der Waals surface area (Å²) in [5.74, 6) is -0.645. The second-order valence-electron chi connectivity index (χ2n) is 4.10. The largest absolute Gasteiger partial charge is 0.508 e. The lowest BCUT2D eigenvalue weighted by Crippen LogP contribution is -2.26. The molecule has 0 bridgehead atoms. The maximum Gasteiger partial charge on any atom is 0.314 e. The predicted molar refractivity (Wildman–Crippen MR) is 72.1 cm³/mol. The molecule has 0 spiro atoms. The van der Waals surface area contributed by atoms with Gasteiger partial charge in [0.05, 0.1) is 12.8 Å². The number of hydrogen-bond acceptors (Lipinski definition) is 5. The van der Waals surface area contributed by atoms with Gasteiger partial charge in [-0.05, 0) is 38.0 Å². The third kappa shape index (κ3) is 4.62. The van der Waals surface area contributed by atoms with Crippen LogP contribution in [-0.2, 0) is 20.8 Å². The first-order valence-corrected chi connectivity index (χ1v) is 6.10. The Kier molecular flexibility index (Phi) is 5.85. The van der Waals surface area contributed by atoms with E-state index in [1.807, 2.05) is 6.92 Å². The Morgan fingerprint density at radius 1 is 1.37 bits per heavy atom. The van der Waals surface area contributed by atoms with E-state index in [4.69, 9.17) is 9.57 Å². The fraction of sp³-hybridized carbons (Fsp3) is 0.429. The summed E-state index contributed by atoms with van der Waals surface area (Å²) < 4.78 is 4.78. The molecule has 5 nitrogen and oxygen atoms in total. The number of benzene rings is 1. The number of rotatable bonds is 6. The maximum atomic E-state index is 11.8. The number of carbonyl (C=O) groups is 1. The SMILES string of the molecule is CCON=C(C)C(Cc1ccc(O)cc1)C(=O)OC. The van der Waals surface area contributed by atoms with E-state index in [9.17, 15) is 9.90 Å². The molecule has 1 unspecified atom stereocenters. The van der Waals surface area contributed by atoms with Crippen molar-refractivity contribution in [2.24, 2.45) is 11.1 Å². The molecule has 0 amide bonds. The Hall–Kier alpha value is -2.04. The molecule has 0 fully saturated rings. The number of aromatic hydroxyl groups is 1. The van der Waals surface area contributed by atoms with Crippen LogP contribution >= 0.6 is 0 Å². The van der Waals surface area contributed by atoms with Gasteiger partial charge >= 0.3 is 5.97 Å². The highest BCUT2D eigenvalue weighted by atomic mass is 16.6. The van der Waals surface area contributed by atoms with Crippen molar-refractivity contribution in [2.45, 2.75) is 20.3 Å². The van der Waals surface area contributed by atoms with Crippen LogP contribution in [0.25, 0.3) is 0 Å². The Morgan fingerprint density at radius 3 is 2.53 bits per heavy atom. The lowest BCUT2D eigenvalue weighted by molar-refractivity contribution is -0.143. The topological polar surface area (TPSA) is 68.1 Å². The summed E-state index contributed by atoms with van der Waals surface area (Å²) in [4.78, 5) is 16.7. The molecule has 0 heterocycles. The number of carbonyl (C=O) groups excluding carboxylic acids is 1. The third-order valence-corrected chi connectivity index (χ3v) is 2.70. The lowest BCUT2D eigenvalue weighted by atomic mass is 9.95. The van der Waals surface area contributed by atoms with Crippen LogP contribution in [0.1, 0.15) is 19.4 Å². The first-order chi connectivity index (χ1) is 9.08. The standard InChI is InChI=1S/C14H19NO4/c1-4-19-15-10(2)13(14(17)18-3)9-11-5-7-12(16)8-6-11/h5-8,13,16H,4,9H2,1-3H3. The average Bonchev–Trinajstić information content (AvgIpc) is 2.43. The van der Waals surface area contributed by atoms with Crippen molar-refractivity contribution in [2.75, 3.05) is 13.7 Å². The minimum absolute atomic E-state index is 0.193. The minimum Gasteiger partial charge on any atom is -0.508 e. The summed E-state index contributed by atoms with van der Waals surface area (Å²) in [6.07, 6.45) is 0.454. The molecule has 0 saturated carbocycles. The van der Waals surface area contributed by atoms with Crippen LogP contribution in [0.5, 0.6) is 5.75 Å². The molecule has 0 aromatic heterocycles. The Labute approximate surface area is 112 Å². The number of phenolic OH excluding ortho intramolecular Hbond substituents is 1. The van der Waals surface area contributed by atoms with E-state index in [1.54, 1.807) is 31.2 Å². The normalized spacial score (nSPS) is 12.9. The van der Waals surface area contributed by atoms with Crippen LogP contribution in [0.4, 0.5) is 0 Å². The van der Waals surface area contributed by atoms with Crippen LogP contribution in [-0.4, -0.2) is 30.5 Å². The molecule has 0 aliphatic heterocycles. The second kappa shape index (κ2) is 7.41. The number of ether oxygens (including phenoxy) is 1. The zero-order chi connectivity index (χ0) is 14.3. The molecule has 1 aromatic rings. The Balaban J connectivity index is 2.86. The Bertz CT molecular complexity index is 439. The first-order valence-electron chi connectivity index (χ1n) is 6.10. The van der Waals surface area contributed by atoms with Crippen LogP contribution in [0.15, 0.2) is 29.4 Å². The summed E-state index contributed by atoms with van der Waals surface area (Å²) >= 11 is 0. The zero-order valence-corrected chi connectivity index (χ0v) is 11.4. The number of phenols is 1. The molecule has 0 aliphatic carbocycles. The summed E-state index contributed by atoms with van der Waals surface area (Å²) in [7, 11) is 1.35. The van der Waals surface area contributed by atoms with E-state index >= 15 is 0 Å². The van der Waals surface area contributed by atoms with Gasteiger partial charge in [-0.3, -0.25) is 4.79 Å². The van der Waals surface area contributed by atoms with E-state index in [2.05, 4.69) is 5.16 Å². The van der Waals surface area contributed by atoms with Gasteiger partial charge < -0.3 is 14.7 Å². The molecule has 19 heavy (non-hydrogen) atoms. The summed E-state index contributed by atoms with van der Waals surface area (Å²) in [6.45, 7) is 4.01. The van der Waals surface area contributed by atoms with Crippen molar-refractivity contribution in [1.29, 1.82) is 0 Å². The van der Waals surface area contributed by atoms with Gasteiger partial charge in [-0.15, -0.1) is 0 Å². The molecule has 1 atom stereocenters. The van der Waals surface area contributed by atoms with Gasteiger partial charge in [0.15, 0.2) is 0 Å². The molecular weight excluding hydrogens is 246 g/mol. The van der Waals surface area contributed by atoms with Gasteiger partial charge in [0.2, 0.25) is 0 Å². The molecule has 1 aromatic carbocycles. The monoisotopic (exact) mass is 265 g/mol. The van der Waals surface area contributed by atoms with Crippen molar-refractivity contribution in [3.05, 3.63) is 29.8 Å². The molecule has 1 N–H and O–H groups in total. The smallest absolute Gasteiger partial charge is 0.314 e. The van der Waals surface area contributed by atoms with Crippen molar-refractivity contribution < 1.29 is 19.5 Å². The van der Waals surface area contributed by atoms with E-state index in [0.29, 0.717) is 18.7 Å². The molecule has 1 rings (SSSR count). The summed E-state index contributed by atoms with van der Waals surface area (Å²) in [6, 6.07) is 6.69. The quantitative estimate of drug-likeness (QED) is 0.486. The first kappa shape index (κ1) is 15.0. The van der Waals surface area contributed by atoms with Gasteiger partial charge in [-0.1, -0.05) is 17.3 Å². The fourth-order valence-electron chi connectivity index (χ4n) is 1.64. The molecule has 104 valence electrons. The summed E-state index contributed by atoms with van der Waals surface area (Å²) in [5, 5.41) is 13.1. The van der Waals surface area contributed by atoms with Crippen molar-refractivity contribution in [3.8, 4) is 5.75 Å². The number of hydrogen-bond donors (Lipinski definition) is 1. The molecule has 0 aliphatic rings. The van der Waals surface area contributed by atoms with Crippen molar-refractivity contribution in [1.82, 2.24) is 0 Å². The van der Waals surface area contributed by atoms with Crippen LogP contribution in [0.2, 0.25) is 0 Å². The van der Waals surface area contributed by atoms with Gasteiger partial charge in [0, 0.05) is 0 Å². The third-order valence-electron chi connectivity index (χ3n) is 2.70. The van der Waals surface area contributed by atoms with E-state index < -0.39 is 5.92 Å². The van der Waals surface area contributed by atoms with Crippen LogP contribution < -0.4 is 0 Å².